The molecule has 0 aromatic heterocycles. The highest BCUT2D eigenvalue weighted by Crippen LogP contribution is 2.34. The summed E-state index contributed by atoms with van der Waals surface area (Å²) in [5, 5.41) is 25.3. The van der Waals surface area contributed by atoms with E-state index in [2.05, 4.69) is 42.2 Å². The van der Waals surface area contributed by atoms with Crippen LogP contribution >= 0.6 is 0 Å². The van der Waals surface area contributed by atoms with E-state index in [-0.39, 0.29) is 44.1 Å². The molecule has 0 saturated heterocycles. The highest BCUT2D eigenvalue weighted by molar-refractivity contribution is 5.97. The van der Waals surface area contributed by atoms with Gasteiger partial charge in [0.25, 0.3) is 0 Å². The molecule has 62 heavy (non-hydrogen) atoms. The number of nitrogens with two attached hydrogens (primary N) is 3. The predicted octanol–water partition coefficient (Wildman–Crippen LogP) is -1.20. The fourth-order valence-corrected chi connectivity index (χ4v) is 5.85. The van der Waals surface area contributed by atoms with Crippen LogP contribution in [0, 0.1) is 11.8 Å². The molecule has 23 heteroatoms. The lowest BCUT2D eigenvalue weighted by molar-refractivity contribution is -0.195. The summed E-state index contributed by atoms with van der Waals surface area (Å²) in [6, 6.07) is 0.205. The molecule has 7 amide bonds. The number of rotatable bonds is 25. The highest BCUT2D eigenvalue weighted by atomic mass is 19.4. The first kappa shape index (κ1) is 54.0. The summed E-state index contributed by atoms with van der Waals surface area (Å²) in [5.41, 5.74) is 13.7. The maximum Gasteiger partial charge on any atom is 0.415 e. The Morgan fingerprint density at radius 1 is 0.661 bits per heavy atom. The second-order valence-corrected chi connectivity index (χ2v) is 15.8. The van der Waals surface area contributed by atoms with Crippen molar-refractivity contribution < 1.29 is 56.6 Å². The van der Waals surface area contributed by atoms with Crippen LogP contribution in [-0.2, 0) is 44.8 Å². The van der Waals surface area contributed by atoms with Crippen LogP contribution in [0.4, 0.5) is 13.2 Å². The molecule has 14 N–H and O–H groups in total. The van der Waals surface area contributed by atoms with E-state index in [4.69, 9.17) is 22.3 Å². The molecule has 348 valence electrons. The van der Waals surface area contributed by atoms with Gasteiger partial charge in [-0.15, -0.1) is 0 Å². The second-order valence-electron chi connectivity index (χ2n) is 15.8. The Balaban J connectivity index is 3.36. The first-order valence-corrected chi connectivity index (χ1v) is 20.0. The smallest absolute Gasteiger partial charge is 0.415 e. The van der Waals surface area contributed by atoms with E-state index in [1.807, 2.05) is 0 Å². The van der Waals surface area contributed by atoms with Gasteiger partial charge in [0.05, 0.1) is 0 Å². The molecule has 0 unspecified atom stereocenters. The molecule has 0 aliphatic heterocycles. The van der Waals surface area contributed by atoms with Gasteiger partial charge >= 0.3 is 12.1 Å². The van der Waals surface area contributed by atoms with E-state index in [0.717, 1.165) is 0 Å². The van der Waals surface area contributed by atoms with E-state index in [9.17, 15) is 51.5 Å². The average molecular weight is 886 g/mol. The molecular formula is C39H62F3N11O9. The Labute approximate surface area is 358 Å². The zero-order valence-electron chi connectivity index (χ0n) is 36.0. The molecule has 0 saturated carbocycles. The fourth-order valence-electron chi connectivity index (χ4n) is 5.85. The van der Waals surface area contributed by atoms with Crippen LogP contribution < -0.4 is 54.4 Å². The summed E-state index contributed by atoms with van der Waals surface area (Å²) < 4.78 is 42.6. The standard InChI is InChI=1S/C39H62F3N11O9/c1-20(2)16-27(53-36(62)38(45,18-21(3)4)39(40,41)42)34(60)52-28(17-25-12-9-8-10-13-25)35(61)51-26(14-11-15-46-37(43)44)33(59)50-24(7)32(58)49-23(6)31(57)48-22(5)30(56)47-19-29(54)55/h8-10,12-13,20-24,26-28H,11,14-19,45H2,1-7H3,(H,47,56)(H,48,57)(H,49,58)(H,50,59)(H,51,61)(H,52,60)(H,53,62)(H,54,55)(H4,43,44,46)/t22-,23-,24-,26-,27-,28-,38-/m0/s1. The first-order valence-electron chi connectivity index (χ1n) is 20.0. The molecule has 0 spiro atoms. The van der Waals surface area contributed by atoms with Crippen LogP contribution in [0.3, 0.4) is 0 Å². The molecular weight excluding hydrogens is 823 g/mol. The number of guanidine groups is 1. The molecule has 0 aliphatic carbocycles. The van der Waals surface area contributed by atoms with Gasteiger partial charge < -0.3 is 59.5 Å². The molecule has 0 bridgehead atoms. The van der Waals surface area contributed by atoms with Crippen LogP contribution in [0.25, 0.3) is 0 Å². The Morgan fingerprint density at radius 3 is 1.63 bits per heavy atom. The second kappa shape index (κ2) is 25.1. The summed E-state index contributed by atoms with van der Waals surface area (Å²) >= 11 is 0. The Bertz CT molecular complexity index is 1740. The van der Waals surface area contributed by atoms with E-state index >= 15 is 0 Å². The van der Waals surface area contributed by atoms with Gasteiger partial charge in [0.1, 0.15) is 42.8 Å². The normalized spacial score (nSPS) is 15.2. The number of halogens is 3. The lowest BCUT2D eigenvalue weighted by Crippen LogP contribution is -2.67. The van der Waals surface area contributed by atoms with Crippen molar-refractivity contribution >= 4 is 53.3 Å². The van der Waals surface area contributed by atoms with Crippen LogP contribution in [0.1, 0.15) is 79.7 Å². The minimum Gasteiger partial charge on any atom is -0.480 e. The predicted molar refractivity (Wildman–Crippen MR) is 221 cm³/mol. The number of carboxylic acids is 1. The van der Waals surface area contributed by atoms with Gasteiger partial charge in [-0.2, -0.15) is 13.2 Å². The molecule has 7 atom stereocenters. The maximum absolute atomic E-state index is 14.2. The molecule has 0 heterocycles. The monoisotopic (exact) mass is 885 g/mol. The molecule has 0 fully saturated rings. The number of nitrogens with one attached hydrogen (secondary N) is 7. The molecule has 1 aromatic carbocycles. The zero-order chi connectivity index (χ0) is 47.5. The van der Waals surface area contributed by atoms with Crippen molar-refractivity contribution in [3.8, 4) is 0 Å². The minimum absolute atomic E-state index is 0.0233. The summed E-state index contributed by atoms with van der Waals surface area (Å²) in [4.78, 5) is 107. The van der Waals surface area contributed by atoms with Crippen molar-refractivity contribution in [1.29, 1.82) is 0 Å². The summed E-state index contributed by atoms with van der Waals surface area (Å²) in [6.45, 7) is 9.48. The van der Waals surface area contributed by atoms with Crippen molar-refractivity contribution in [3.63, 3.8) is 0 Å². The number of amides is 7. The van der Waals surface area contributed by atoms with E-state index in [1.165, 1.54) is 34.6 Å². The number of aliphatic imine (C=N–C) groups is 1. The number of aliphatic carboxylic acids is 1. The number of carbonyl (C=O) groups excluding carboxylic acids is 7. The first-order chi connectivity index (χ1) is 28.7. The molecule has 1 rings (SSSR count). The van der Waals surface area contributed by atoms with Gasteiger partial charge in [-0.25, -0.2) is 0 Å². The summed E-state index contributed by atoms with van der Waals surface area (Å²) in [5.74, 6) is -9.36. The summed E-state index contributed by atoms with van der Waals surface area (Å²) in [7, 11) is 0. The van der Waals surface area contributed by atoms with Crippen LogP contribution in [0.15, 0.2) is 35.3 Å². The zero-order valence-corrected chi connectivity index (χ0v) is 36.0. The number of alkyl halides is 3. The average Bonchev–Trinajstić information content (AvgIpc) is 3.16. The van der Waals surface area contributed by atoms with Gasteiger partial charge in [-0.05, 0) is 63.9 Å². The molecule has 20 nitrogen and oxygen atoms in total. The molecule has 0 aliphatic rings. The van der Waals surface area contributed by atoms with E-state index in [0.29, 0.717) is 5.56 Å². The van der Waals surface area contributed by atoms with Crippen molar-refractivity contribution in [3.05, 3.63) is 35.9 Å². The van der Waals surface area contributed by atoms with Gasteiger partial charge in [0.2, 0.25) is 41.4 Å². The largest absolute Gasteiger partial charge is 0.480 e. The number of carbonyl (C=O) groups is 8. The lowest BCUT2D eigenvalue weighted by Gasteiger charge is -2.34. The number of carboxylic acid groups (broad SMARTS) is 1. The van der Waals surface area contributed by atoms with Gasteiger partial charge in [0.15, 0.2) is 11.5 Å². The van der Waals surface area contributed by atoms with Crippen molar-refractivity contribution in [1.82, 2.24) is 37.2 Å². The quantitative estimate of drug-likeness (QED) is 0.0314. The van der Waals surface area contributed by atoms with Crippen molar-refractivity contribution in [2.24, 2.45) is 34.0 Å². The van der Waals surface area contributed by atoms with Crippen LogP contribution in [-0.4, -0.2) is 119 Å². The topological polar surface area (TPSA) is 331 Å². The van der Waals surface area contributed by atoms with E-state index < -0.39 is 114 Å². The molecule has 1 aromatic rings. The third-order valence-electron chi connectivity index (χ3n) is 9.13. The Hall–Kier alpha value is -6.00. The van der Waals surface area contributed by atoms with Gasteiger partial charge in [-0.1, -0.05) is 58.0 Å². The van der Waals surface area contributed by atoms with Gasteiger partial charge in [0, 0.05) is 13.0 Å². The molecule has 0 radical (unpaired) electrons. The number of hydrogen-bond donors (Lipinski definition) is 11. The van der Waals surface area contributed by atoms with Crippen LogP contribution in [0.2, 0.25) is 0 Å². The summed E-state index contributed by atoms with van der Waals surface area (Å²) in [6.07, 6.45) is -6.21. The highest BCUT2D eigenvalue weighted by Gasteiger charge is 2.58. The maximum atomic E-state index is 14.2. The van der Waals surface area contributed by atoms with Crippen LogP contribution in [0.5, 0.6) is 0 Å². The number of hydrogen-bond acceptors (Lipinski definition) is 10. The third kappa shape index (κ3) is 18.7. The van der Waals surface area contributed by atoms with Gasteiger partial charge in [-0.3, -0.25) is 43.3 Å². The lowest BCUT2D eigenvalue weighted by atomic mass is 9.87. The minimum atomic E-state index is -5.17. The van der Waals surface area contributed by atoms with Crippen molar-refractivity contribution in [2.45, 2.75) is 129 Å². The number of nitrogens with zero attached hydrogens (tertiary/aromatic N) is 1. The number of benzene rings is 1. The third-order valence-corrected chi connectivity index (χ3v) is 9.13. The Morgan fingerprint density at radius 2 is 1.15 bits per heavy atom. The van der Waals surface area contributed by atoms with E-state index in [1.54, 1.807) is 44.2 Å². The fraction of sp³-hybridized carbons (Fsp3) is 0.615. The van der Waals surface area contributed by atoms with Crippen molar-refractivity contribution in [2.75, 3.05) is 13.1 Å². The Kier molecular flexibility index (Phi) is 21.8. The SMILES string of the molecule is CC(C)C[C@H](NC(=O)[C@@](N)(CC(C)C)C(F)(F)F)C(=O)N[C@@H](Cc1ccccc1)C(=O)N[C@@H](CCCN=C(N)N)C(=O)N[C@@H](C)C(=O)N[C@@H](C)C(=O)N[C@@H](C)C(=O)NCC(=O)O.